The molecule has 3 heterocycles. The number of nitrogens with zero attached hydrogens (tertiary/aromatic N) is 2. The van der Waals surface area contributed by atoms with Crippen LogP contribution in [0.2, 0.25) is 0 Å². The summed E-state index contributed by atoms with van der Waals surface area (Å²) in [4.78, 5) is 23.7. The first kappa shape index (κ1) is 18.2. The summed E-state index contributed by atoms with van der Waals surface area (Å²) in [7, 11) is 0. The van der Waals surface area contributed by atoms with Gasteiger partial charge in [-0.25, -0.2) is 4.98 Å². The molecular formula is C21H26N4OS. The summed E-state index contributed by atoms with van der Waals surface area (Å²) in [6, 6.07) is 8.26. The largest absolute Gasteiger partial charge is 0.361 e. The van der Waals surface area contributed by atoms with Crippen molar-refractivity contribution < 1.29 is 4.79 Å². The van der Waals surface area contributed by atoms with Gasteiger partial charge in [-0.2, -0.15) is 0 Å². The lowest BCUT2D eigenvalue weighted by Gasteiger charge is -2.25. The quantitative estimate of drug-likeness (QED) is 0.680. The fourth-order valence-electron chi connectivity index (χ4n) is 3.77. The summed E-state index contributed by atoms with van der Waals surface area (Å²) in [5.74, 6) is -0.00487. The summed E-state index contributed by atoms with van der Waals surface area (Å²) in [6.45, 7) is 5.72. The Morgan fingerprint density at radius 1 is 1.26 bits per heavy atom. The van der Waals surface area contributed by atoms with Crippen LogP contribution >= 0.6 is 11.3 Å². The molecule has 2 aromatic heterocycles. The van der Waals surface area contributed by atoms with Gasteiger partial charge in [0.25, 0.3) is 5.91 Å². The Hall–Kier alpha value is -2.18. The standard InChI is InChI=1S/C21H26N4OS/c1-15-20(27-19(24-15)14-25-11-5-2-6-12-25)21(26)22-10-9-16-13-23-18-8-4-3-7-17(16)18/h3-4,7-8,13,23H,2,5-6,9-12,14H2,1H3,(H,22,26). The maximum absolute atomic E-state index is 12.6. The molecule has 6 heteroatoms. The van der Waals surface area contributed by atoms with E-state index in [2.05, 4.69) is 32.3 Å². The molecule has 1 amide bonds. The van der Waals surface area contributed by atoms with Gasteiger partial charge in [0.15, 0.2) is 0 Å². The van der Waals surface area contributed by atoms with Crippen LogP contribution in [-0.4, -0.2) is 40.4 Å². The summed E-state index contributed by atoms with van der Waals surface area (Å²) < 4.78 is 0. The first-order valence-electron chi connectivity index (χ1n) is 9.72. The number of fused-ring (bicyclic) bond motifs is 1. The molecule has 1 saturated heterocycles. The average molecular weight is 383 g/mol. The van der Waals surface area contributed by atoms with Crippen LogP contribution in [0.5, 0.6) is 0 Å². The number of rotatable bonds is 6. The predicted octanol–water partition coefficient (Wildman–Crippen LogP) is 3.89. The van der Waals surface area contributed by atoms with Gasteiger partial charge in [0, 0.05) is 23.6 Å². The number of benzene rings is 1. The third kappa shape index (κ3) is 4.22. The van der Waals surface area contributed by atoms with E-state index in [1.54, 1.807) is 11.3 Å². The third-order valence-electron chi connectivity index (χ3n) is 5.21. The molecule has 4 rings (SSSR count). The first-order valence-corrected chi connectivity index (χ1v) is 10.5. The second kappa shape index (κ2) is 8.23. The summed E-state index contributed by atoms with van der Waals surface area (Å²) in [5.41, 5.74) is 3.22. The number of likely N-dealkylation sites (tertiary alicyclic amines) is 1. The molecule has 1 aliphatic rings. The zero-order valence-electron chi connectivity index (χ0n) is 15.8. The summed E-state index contributed by atoms with van der Waals surface area (Å²) in [6.07, 6.45) is 6.72. The van der Waals surface area contributed by atoms with Gasteiger partial charge >= 0.3 is 0 Å². The van der Waals surface area contributed by atoms with Gasteiger partial charge in [-0.1, -0.05) is 24.6 Å². The minimum atomic E-state index is -0.00487. The maximum atomic E-state index is 12.6. The van der Waals surface area contributed by atoms with Crippen LogP contribution in [0, 0.1) is 6.92 Å². The molecule has 1 fully saturated rings. The van der Waals surface area contributed by atoms with Crippen molar-refractivity contribution in [3.05, 3.63) is 51.6 Å². The molecule has 0 aliphatic carbocycles. The highest BCUT2D eigenvalue weighted by atomic mass is 32.1. The number of H-pyrrole nitrogens is 1. The molecule has 1 aromatic carbocycles. The number of carbonyl (C=O) groups excluding carboxylic acids is 1. The van der Waals surface area contributed by atoms with Crippen molar-refractivity contribution in [3.8, 4) is 0 Å². The molecule has 0 spiro atoms. The van der Waals surface area contributed by atoms with E-state index >= 15 is 0 Å². The summed E-state index contributed by atoms with van der Waals surface area (Å²) >= 11 is 1.54. The second-order valence-corrected chi connectivity index (χ2v) is 8.31. The second-order valence-electron chi connectivity index (χ2n) is 7.22. The highest BCUT2D eigenvalue weighted by molar-refractivity contribution is 7.13. The van der Waals surface area contributed by atoms with E-state index in [1.807, 2.05) is 25.3 Å². The van der Waals surface area contributed by atoms with Crippen LogP contribution in [0.15, 0.2) is 30.5 Å². The Morgan fingerprint density at radius 3 is 2.93 bits per heavy atom. The van der Waals surface area contributed by atoms with Crippen molar-refractivity contribution in [1.29, 1.82) is 0 Å². The van der Waals surface area contributed by atoms with Gasteiger partial charge in [-0.3, -0.25) is 9.69 Å². The third-order valence-corrected chi connectivity index (χ3v) is 6.35. The van der Waals surface area contributed by atoms with Gasteiger partial charge in [0.05, 0.1) is 12.2 Å². The number of aryl methyl sites for hydroxylation is 1. The molecule has 27 heavy (non-hydrogen) atoms. The number of hydrogen-bond acceptors (Lipinski definition) is 4. The van der Waals surface area contributed by atoms with E-state index in [1.165, 1.54) is 30.2 Å². The lowest BCUT2D eigenvalue weighted by molar-refractivity contribution is 0.0957. The van der Waals surface area contributed by atoms with Crippen molar-refractivity contribution in [2.45, 2.75) is 39.2 Å². The number of hydrogen-bond donors (Lipinski definition) is 2. The average Bonchev–Trinajstić information content (AvgIpc) is 3.26. The molecule has 5 nitrogen and oxygen atoms in total. The molecule has 3 aromatic rings. The monoisotopic (exact) mass is 382 g/mol. The molecular weight excluding hydrogens is 356 g/mol. The van der Waals surface area contributed by atoms with Gasteiger partial charge in [-0.05, 0) is 50.9 Å². The molecule has 0 atom stereocenters. The number of thiazole rings is 1. The molecule has 0 bridgehead atoms. The lowest BCUT2D eigenvalue weighted by Crippen LogP contribution is -2.29. The van der Waals surface area contributed by atoms with Crippen LogP contribution in [0.1, 0.15) is 45.2 Å². The van der Waals surface area contributed by atoms with Crippen molar-refractivity contribution in [1.82, 2.24) is 20.2 Å². The van der Waals surface area contributed by atoms with Crippen molar-refractivity contribution in [2.24, 2.45) is 0 Å². The number of nitrogens with one attached hydrogen (secondary N) is 2. The van der Waals surface area contributed by atoms with E-state index in [0.717, 1.165) is 47.2 Å². The highest BCUT2D eigenvalue weighted by Crippen LogP contribution is 2.22. The molecule has 0 saturated carbocycles. The number of piperidine rings is 1. The van der Waals surface area contributed by atoms with Crippen molar-refractivity contribution >= 4 is 28.1 Å². The fourth-order valence-corrected chi connectivity index (χ4v) is 4.79. The molecule has 142 valence electrons. The molecule has 0 radical (unpaired) electrons. The Kier molecular flexibility index (Phi) is 5.55. The maximum Gasteiger partial charge on any atom is 0.263 e. The Morgan fingerprint density at radius 2 is 2.07 bits per heavy atom. The molecule has 1 aliphatic heterocycles. The lowest BCUT2D eigenvalue weighted by atomic mass is 10.1. The minimum Gasteiger partial charge on any atom is -0.361 e. The van der Waals surface area contributed by atoms with E-state index in [0.29, 0.717) is 6.54 Å². The Balaban J connectivity index is 1.34. The van der Waals surface area contributed by atoms with E-state index in [-0.39, 0.29) is 5.91 Å². The first-order chi connectivity index (χ1) is 13.2. The Labute approximate surface area is 163 Å². The zero-order valence-corrected chi connectivity index (χ0v) is 16.6. The SMILES string of the molecule is Cc1nc(CN2CCCCC2)sc1C(=O)NCCc1c[nH]c2ccccc12. The topological polar surface area (TPSA) is 61.0 Å². The highest BCUT2D eigenvalue weighted by Gasteiger charge is 2.18. The van der Waals surface area contributed by atoms with Gasteiger partial charge in [0.1, 0.15) is 9.88 Å². The van der Waals surface area contributed by atoms with Crippen LogP contribution < -0.4 is 5.32 Å². The van der Waals surface area contributed by atoms with Crippen LogP contribution in [-0.2, 0) is 13.0 Å². The van der Waals surface area contributed by atoms with Crippen molar-refractivity contribution in [3.63, 3.8) is 0 Å². The number of aromatic amines is 1. The predicted molar refractivity (Wildman–Crippen MR) is 110 cm³/mol. The van der Waals surface area contributed by atoms with E-state index < -0.39 is 0 Å². The van der Waals surface area contributed by atoms with Crippen LogP contribution in [0.4, 0.5) is 0 Å². The molecule has 0 unspecified atom stereocenters. The number of carbonyl (C=O) groups is 1. The molecule has 2 N–H and O–H groups in total. The normalized spacial score (nSPS) is 15.3. The minimum absolute atomic E-state index is 0.00487. The van der Waals surface area contributed by atoms with E-state index in [4.69, 9.17) is 0 Å². The van der Waals surface area contributed by atoms with Crippen LogP contribution in [0.25, 0.3) is 10.9 Å². The number of amides is 1. The van der Waals surface area contributed by atoms with Crippen molar-refractivity contribution in [2.75, 3.05) is 19.6 Å². The van der Waals surface area contributed by atoms with Gasteiger partial charge in [-0.15, -0.1) is 11.3 Å². The van der Waals surface area contributed by atoms with Gasteiger partial charge < -0.3 is 10.3 Å². The van der Waals surface area contributed by atoms with Gasteiger partial charge in [0.2, 0.25) is 0 Å². The fraction of sp³-hybridized carbons (Fsp3) is 0.429. The van der Waals surface area contributed by atoms with Crippen LogP contribution in [0.3, 0.4) is 0 Å². The summed E-state index contributed by atoms with van der Waals surface area (Å²) in [5, 5.41) is 5.34. The zero-order chi connectivity index (χ0) is 18.6. The number of para-hydroxylation sites is 1. The van der Waals surface area contributed by atoms with E-state index in [9.17, 15) is 4.79 Å². The smallest absolute Gasteiger partial charge is 0.263 e. The Bertz CT molecular complexity index is 923. The number of aromatic nitrogens is 2.